The fourth-order valence-corrected chi connectivity index (χ4v) is 7.15. The van der Waals surface area contributed by atoms with E-state index in [2.05, 4.69) is 18.6 Å². The van der Waals surface area contributed by atoms with Crippen molar-refractivity contribution in [1.82, 2.24) is 19.2 Å². The molecule has 2 N–H and O–H groups in total. The number of unbranched alkanes of at least 4 members (excludes halogenated alkanes) is 1. The number of aromatic hydroxyl groups is 1. The minimum Gasteiger partial charge on any atom is -0.507 e. The minimum absolute atomic E-state index is 0.0615. The molecule has 11 nitrogen and oxygen atoms in total. The highest BCUT2D eigenvalue weighted by molar-refractivity contribution is 7.92. The first-order valence-electron chi connectivity index (χ1n) is 14.1. The van der Waals surface area contributed by atoms with Crippen molar-refractivity contribution in [3.05, 3.63) is 57.8 Å². The molecule has 42 heavy (non-hydrogen) atoms. The molecule has 0 saturated heterocycles. The summed E-state index contributed by atoms with van der Waals surface area (Å²) in [6.07, 6.45) is 2.17. The number of aliphatic hydroxyl groups excluding tert-OH is 1. The number of hydrogen-bond donors (Lipinski definition) is 2. The summed E-state index contributed by atoms with van der Waals surface area (Å²) in [5.41, 5.74) is 1.23. The van der Waals surface area contributed by atoms with Gasteiger partial charge in [0, 0.05) is 43.1 Å². The van der Waals surface area contributed by atoms with Crippen LogP contribution in [0.3, 0.4) is 0 Å². The number of rotatable bonds is 10. The van der Waals surface area contributed by atoms with Crippen LogP contribution >= 0.6 is 0 Å². The molecule has 226 valence electrons. The number of carbonyl (C=O) groups excluding carboxylic acids is 1. The van der Waals surface area contributed by atoms with Gasteiger partial charge < -0.3 is 19.7 Å². The van der Waals surface area contributed by atoms with Crippen molar-refractivity contribution in [2.24, 2.45) is 5.92 Å². The Labute approximate surface area is 243 Å². The third-order valence-corrected chi connectivity index (χ3v) is 10.3. The van der Waals surface area contributed by atoms with Gasteiger partial charge in [-0.2, -0.15) is 0 Å². The number of aliphatic hydroxyl groups is 1. The number of nitrogens with zero attached hydrogens (tertiary/aromatic N) is 5. The van der Waals surface area contributed by atoms with Gasteiger partial charge in [-0.3, -0.25) is 13.9 Å². The van der Waals surface area contributed by atoms with Gasteiger partial charge in [0.05, 0.1) is 24.2 Å². The monoisotopic (exact) mass is 601 g/mol. The molecule has 2 unspecified atom stereocenters. The van der Waals surface area contributed by atoms with E-state index in [-0.39, 0.29) is 77.6 Å². The largest absolute Gasteiger partial charge is 0.507 e. The number of fused-ring (bicyclic) bond motifs is 3. The Bertz CT molecular complexity index is 1750. The van der Waals surface area contributed by atoms with Gasteiger partial charge in [0.25, 0.3) is 11.5 Å². The molecule has 2 atom stereocenters. The maximum absolute atomic E-state index is 14.3. The van der Waals surface area contributed by atoms with Crippen LogP contribution in [0.1, 0.15) is 67.1 Å². The van der Waals surface area contributed by atoms with Crippen molar-refractivity contribution in [2.45, 2.75) is 52.0 Å². The third-order valence-electron chi connectivity index (χ3n) is 8.53. The smallest absolute Gasteiger partial charge is 0.276 e. The molecule has 0 bridgehead atoms. The lowest BCUT2D eigenvalue weighted by Gasteiger charge is -2.36. The van der Waals surface area contributed by atoms with Crippen LogP contribution in [0.4, 0.5) is 10.2 Å². The zero-order valence-electron chi connectivity index (χ0n) is 24.0. The molecule has 3 heterocycles. The van der Waals surface area contributed by atoms with E-state index in [0.29, 0.717) is 29.9 Å². The number of likely N-dealkylation sites (N-methyl/N-ethyl adjacent to an activating group) is 1. The average molecular weight is 602 g/mol. The van der Waals surface area contributed by atoms with E-state index >= 15 is 0 Å². The maximum atomic E-state index is 14.3. The van der Waals surface area contributed by atoms with Crippen molar-refractivity contribution in [1.29, 1.82) is 0 Å². The summed E-state index contributed by atoms with van der Waals surface area (Å²) in [5, 5.41) is 24.3. The molecule has 1 amide bonds. The first kappa shape index (κ1) is 29.8. The standard InChI is InChI=1S/C29H36FN5O6S/c1-5-33-15-18(3)35-25-24(23(26(35)29(33)39)21-11-8-17(21)2)28(38)34(16-19-9-10-20(30)14-22(19)37)31-27(25)32(4)42(40,41)13-7-6-12-36/h9-10,14,17,21,36-37H,3,5-8,11-13,15-16H2,1-2,4H3. The van der Waals surface area contributed by atoms with Crippen LogP contribution in [0.5, 0.6) is 5.75 Å². The van der Waals surface area contributed by atoms with Crippen LogP contribution in [0, 0.1) is 11.7 Å². The Kier molecular flexibility index (Phi) is 7.92. The summed E-state index contributed by atoms with van der Waals surface area (Å²) in [6.45, 7) is 8.33. The maximum Gasteiger partial charge on any atom is 0.276 e. The molecule has 1 saturated carbocycles. The Morgan fingerprint density at radius 2 is 1.95 bits per heavy atom. The van der Waals surface area contributed by atoms with E-state index in [0.717, 1.165) is 34.0 Å². The van der Waals surface area contributed by atoms with Crippen molar-refractivity contribution in [3.8, 4) is 5.75 Å². The highest BCUT2D eigenvalue weighted by Gasteiger charge is 2.42. The van der Waals surface area contributed by atoms with E-state index in [1.54, 1.807) is 9.47 Å². The number of halogens is 1. The molecule has 0 spiro atoms. The Morgan fingerprint density at radius 1 is 1.21 bits per heavy atom. The van der Waals surface area contributed by atoms with Crippen molar-refractivity contribution in [2.75, 3.05) is 36.8 Å². The molecule has 1 fully saturated rings. The van der Waals surface area contributed by atoms with Gasteiger partial charge in [-0.15, -0.1) is 5.10 Å². The summed E-state index contributed by atoms with van der Waals surface area (Å²) >= 11 is 0. The van der Waals surface area contributed by atoms with Crippen molar-refractivity contribution in [3.63, 3.8) is 0 Å². The van der Waals surface area contributed by atoms with Crippen LogP contribution in [-0.4, -0.2) is 76.3 Å². The van der Waals surface area contributed by atoms with E-state index in [1.165, 1.54) is 13.1 Å². The minimum atomic E-state index is -3.97. The van der Waals surface area contributed by atoms with Gasteiger partial charge in [0.15, 0.2) is 5.82 Å². The van der Waals surface area contributed by atoms with Gasteiger partial charge in [-0.25, -0.2) is 17.5 Å². The lowest BCUT2D eigenvalue weighted by atomic mass is 9.70. The molecule has 5 rings (SSSR count). The van der Waals surface area contributed by atoms with Gasteiger partial charge in [0.1, 0.15) is 22.8 Å². The second-order valence-corrected chi connectivity index (χ2v) is 13.3. The highest BCUT2D eigenvalue weighted by atomic mass is 32.2. The van der Waals surface area contributed by atoms with Gasteiger partial charge in [0.2, 0.25) is 10.0 Å². The molecule has 3 aromatic rings. The molecular formula is C29H36FN5O6S. The third kappa shape index (κ3) is 4.87. The normalized spacial score (nSPS) is 18.8. The summed E-state index contributed by atoms with van der Waals surface area (Å²) in [5.74, 6) is -1.55. The van der Waals surface area contributed by atoms with Crippen molar-refractivity contribution >= 4 is 38.3 Å². The molecule has 0 radical (unpaired) electrons. The van der Waals surface area contributed by atoms with Gasteiger partial charge in [-0.05, 0) is 50.5 Å². The average Bonchev–Trinajstić information content (AvgIpc) is 3.29. The Hall–Kier alpha value is -3.71. The predicted octanol–water partition coefficient (Wildman–Crippen LogP) is 3.09. The summed E-state index contributed by atoms with van der Waals surface area (Å²) in [6, 6.07) is 3.41. The summed E-state index contributed by atoms with van der Waals surface area (Å²) < 4.78 is 44.4. The second-order valence-electron chi connectivity index (χ2n) is 11.1. The lowest BCUT2D eigenvalue weighted by molar-refractivity contribution is 0.0758. The van der Waals surface area contributed by atoms with Crippen molar-refractivity contribution < 1.29 is 27.8 Å². The number of anilines is 1. The lowest BCUT2D eigenvalue weighted by Crippen LogP contribution is -2.40. The fourth-order valence-electron chi connectivity index (χ4n) is 5.92. The van der Waals surface area contributed by atoms with Gasteiger partial charge in [-0.1, -0.05) is 19.6 Å². The van der Waals surface area contributed by atoms with Crippen LogP contribution in [-0.2, 0) is 16.6 Å². The summed E-state index contributed by atoms with van der Waals surface area (Å²) in [7, 11) is -2.63. The number of phenolic OH excluding ortho intramolecular Hbond substituents is 1. The number of benzene rings is 1. The molecule has 1 aromatic carbocycles. The SMILES string of the molecule is C=C1CN(CC)C(=O)c2c(C3CCC3C)c3c(=O)n(Cc4ccc(F)cc4O)nc(N(C)S(=O)(=O)CCCCO)c3n21. The predicted molar refractivity (Wildman–Crippen MR) is 158 cm³/mol. The van der Waals surface area contributed by atoms with E-state index in [1.807, 2.05) is 6.92 Å². The zero-order chi connectivity index (χ0) is 30.5. The number of amides is 1. The van der Waals surface area contributed by atoms with Crippen LogP contribution in [0.25, 0.3) is 16.6 Å². The first-order chi connectivity index (χ1) is 19.9. The second kappa shape index (κ2) is 11.2. The van der Waals surface area contributed by atoms with Crippen LogP contribution < -0.4 is 9.86 Å². The van der Waals surface area contributed by atoms with Crippen LogP contribution in [0.15, 0.2) is 29.6 Å². The molecule has 2 aliphatic rings. The zero-order valence-corrected chi connectivity index (χ0v) is 24.8. The quantitative estimate of drug-likeness (QED) is 0.341. The Balaban J connectivity index is 1.85. The number of phenols is 1. The molecule has 13 heteroatoms. The molecule has 2 aromatic heterocycles. The number of sulfonamides is 1. The summed E-state index contributed by atoms with van der Waals surface area (Å²) in [4.78, 5) is 29.8. The van der Waals surface area contributed by atoms with Gasteiger partial charge >= 0.3 is 0 Å². The van der Waals surface area contributed by atoms with E-state index in [9.17, 15) is 32.6 Å². The van der Waals surface area contributed by atoms with E-state index in [4.69, 9.17) is 0 Å². The highest BCUT2D eigenvalue weighted by Crippen LogP contribution is 2.49. The fraction of sp³-hybridized carbons (Fsp3) is 0.483. The number of hydrogen-bond acceptors (Lipinski definition) is 7. The topological polar surface area (TPSA) is 138 Å². The first-order valence-corrected chi connectivity index (χ1v) is 15.7. The number of aromatic nitrogens is 3. The Morgan fingerprint density at radius 3 is 2.55 bits per heavy atom. The molecule has 1 aliphatic heterocycles. The molecule has 1 aliphatic carbocycles. The van der Waals surface area contributed by atoms with E-state index < -0.39 is 21.4 Å². The molecular weight excluding hydrogens is 565 g/mol. The number of carbonyl (C=O) groups is 1. The van der Waals surface area contributed by atoms with Crippen LogP contribution in [0.2, 0.25) is 0 Å².